The zero-order chi connectivity index (χ0) is 13.8. The Labute approximate surface area is 115 Å². The second kappa shape index (κ2) is 6.24. The van der Waals surface area contributed by atoms with Gasteiger partial charge in [-0.15, -0.1) is 0 Å². The van der Waals surface area contributed by atoms with Gasteiger partial charge in [-0.05, 0) is 31.9 Å². The number of amides is 1. The predicted molar refractivity (Wildman–Crippen MR) is 77.3 cm³/mol. The van der Waals surface area contributed by atoms with Crippen molar-refractivity contribution >= 4 is 5.91 Å². The molecule has 1 fully saturated rings. The van der Waals surface area contributed by atoms with Crippen LogP contribution in [0.5, 0.6) is 0 Å². The summed E-state index contributed by atoms with van der Waals surface area (Å²) >= 11 is 0. The van der Waals surface area contributed by atoms with Crippen molar-refractivity contribution in [1.29, 1.82) is 0 Å². The summed E-state index contributed by atoms with van der Waals surface area (Å²) in [5, 5.41) is 3.53. The van der Waals surface area contributed by atoms with Gasteiger partial charge in [0, 0.05) is 37.9 Å². The molecular formula is C15H25N3O. The molecule has 0 aliphatic carbocycles. The summed E-state index contributed by atoms with van der Waals surface area (Å²) in [4.78, 5) is 14.8. The smallest absolute Gasteiger partial charge is 0.270 e. The molecule has 0 spiro atoms. The molecule has 1 aromatic rings. The number of aromatic nitrogens is 1. The molecule has 0 saturated carbocycles. The third-order valence-corrected chi connectivity index (χ3v) is 4.11. The minimum Gasteiger partial charge on any atom is -0.344 e. The van der Waals surface area contributed by atoms with Crippen LogP contribution in [-0.4, -0.2) is 40.5 Å². The van der Waals surface area contributed by atoms with Crippen molar-refractivity contribution < 1.29 is 4.79 Å². The van der Waals surface area contributed by atoms with E-state index in [-0.39, 0.29) is 5.91 Å². The lowest BCUT2D eigenvalue weighted by atomic mass is 10.0. The summed E-state index contributed by atoms with van der Waals surface area (Å²) in [6, 6.07) is 4.63. The first-order valence-electron chi connectivity index (χ1n) is 7.40. The van der Waals surface area contributed by atoms with Crippen molar-refractivity contribution in [3.05, 3.63) is 24.0 Å². The van der Waals surface area contributed by atoms with Crippen LogP contribution in [0.3, 0.4) is 0 Å². The maximum atomic E-state index is 12.7. The third kappa shape index (κ3) is 2.84. The first-order chi connectivity index (χ1) is 9.21. The summed E-state index contributed by atoms with van der Waals surface area (Å²) in [6.07, 6.45) is 4.05. The van der Waals surface area contributed by atoms with Crippen LogP contribution in [-0.2, 0) is 6.54 Å². The lowest BCUT2D eigenvalue weighted by Crippen LogP contribution is -2.58. The number of carbonyl (C=O) groups is 1. The quantitative estimate of drug-likeness (QED) is 0.903. The van der Waals surface area contributed by atoms with Gasteiger partial charge in [0.05, 0.1) is 0 Å². The van der Waals surface area contributed by atoms with Crippen LogP contribution in [0.25, 0.3) is 0 Å². The molecule has 1 saturated heterocycles. The van der Waals surface area contributed by atoms with Crippen molar-refractivity contribution in [3.8, 4) is 0 Å². The molecule has 19 heavy (non-hydrogen) atoms. The second-order valence-corrected chi connectivity index (χ2v) is 5.21. The van der Waals surface area contributed by atoms with Gasteiger partial charge in [0.2, 0.25) is 0 Å². The molecule has 4 heteroatoms. The largest absolute Gasteiger partial charge is 0.344 e. The molecule has 106 valence electrons. The number of rotatable bonds is 4. The molecule has 0 radical (unpaired) electrons. The van der Waals surface area contributed by atoms with Gasteiger partial charge in [-0.3, -0.25) is 4.79 Å². The number of hydrogen-bond acceptors (Lipinski definition) is 2. The number of aryl methyl sites for hydroxylation is 1. The van der Waals surface area contributed by atoms with Crippen LogP contribution in [0.4, 0.5) is 0 Å². The Morgan fingerprint density at radius 2 is 2.16 bits per heavy atom. The van der Waals surface area contributed by atoms with Gasteiger partial charge in [0.25, 0.3) is 5.91 Å². The Bertz CT molecular complexity index is 427. The highest BCUT2D eigenvalue weighted by Crippen LogP contribution is 2.16. The van der Waals surface area contributed by atoms with Gasteiger partial charge in [-0.2, -0.15) is 0 Å². The van der Waals surface area contributed by atoms with Crippen LogP contribution >= 0.6 is 0 Å². The minimum absolute atomic E-state index is 0.179. The summed E-state index contributed by atoms with van der Waals surface area (Å²) < 4.78 is 2.03. The predicted octanol–water partition coefficient (Wildman–Crippen LogP) is 2.11. The average molecular weight is 263 g/mol. The Hall–Kier alpha value is -1.29. The van der Waals surface area contributed by atoms with Gasteiger partial charge < -0.3 is 14.8 Å². The molecule has 1 aliphatic rings. The van der Waals surface area contributed by atoms with E-state index >= 15 is 0 Å². The average Bonchev–Trinajstić information content (AvgIpc) is 2.94. The van der Waals surface area contributed by atoms with Crippen molar-refractivity contribution in [2.75, 3.05) is 13.1 Å². The van der Waals surface area contributed by atoms with E-state index < -0.39 is 0 Å². The summed E-state index contributed by atoms with van der Waals surface area (Å²) in [5.74, 6) is 0.179. The molecule has 1 N–H and O–H groups in total. The molecule has 1 aromatic heterocycles. The van der Waals surface area contributed by atoms with Crippen LogP contribution < -0.4 is 5.32 Å². The maximum absolute atomic E-state index is 12.7. The van der Waals surface area contributed by atoms with E-state index in [1.807, 2.05) is 22.9 Å². The van der Waals surface area contributed by atoms with E-state index in [2.05, 4.69) is 31.0 Å². The first kappa shape index (κ1) is 14.1. The molecule has 4 nitrogen and oxygen atoms in total. The minimum atomic E-state index is 0.179. The van der Waals surface area contributed by atoms with Gasteiger partial charge >= 0.3 is 0 Å². The van der Waals surface area contributed by atoms with Crippen LogP contribution in [0.15, 0.2) is 18.3 Å². The SMILES string of the molecule is CCC1CN(C(=O)c2cccn2CC)C(CC)CN1. The number of hydrogen-bond donors (Lipinski definition) is 1. The fraction of sp³-hybridized carbons (Fsp3) is 0.667. The molecule has 1 amide bonds. The highest BCUT2D eigenvalue weighted by atomic mass is 16.2. The lowest BCUT2D eigenvalue weighted by molar-refractivity contribution is 0.0565. The van der Waals surface area contributed by atoms with E-state index in [0.717, 1.165) is 38.2 Å². The molecule has 0 bridgehead atoms. The second-order valence-electron chi connectivity index (χ2n) is 5.21. The number of nitrogens with one attached hydrogen (secondary N) is 1. The van der Waals surface area contributed by atoms with E-state index in [1.54, 1.807) is 0 Å². The summed E-state index contributed by atoms with van der Waals surface area (Å²) in [6.45, 7) is 8.96. The molecule has 2 atom stereocenters. The third-order valence-electron chi connectivity index (χ3n) is 4.11. The molecule has 0 aromatic carbocycles. The molecule has 2 unspecified atom stereocenters. The Morgan fingerprint density at radius 1 is 1.37 bits per heavy atom. The van der Waals surface area contributed by atoms with E-state index in [4.69, 9.17) is 0 Å². The highest BCUT2D eigenvalue weighted by molar-refractivity contribution is 5.93. The fourth-order valence-corrected chi connectivity index (χ4v) is 2.78. The Balaban J connectivity index is 2.19. The highest BCUT2D eigenvalue weighted by Gasteiger charge is 2.30. The number of carbonyl (C=O) groups excluding carboxylic acids is 1. The number of piperazine rings is 1. The molecular weight excluding hydrogens is 238 g/mol. The Morgan fingerprint density at radius 3 is 2.79 bits per heavy atom. The maximum Gasteiger partial charge on any atom is 0.270 e. The first-order valence-corrected chi connectivity index (χ1v) is 7.40. The van der Waals surface area contributed by atoms with Crippen molar-refractivity contribution in [2.24, 2.45) is 0 Å². The Kier molecular flexibility index (Phi) is 4.64. The van der Waals surface area contributed by atoms with Crippen LogP contribution in [0.2, 0.25) is 0 Å². The fourth-order valence-electron chi connectivity index (χ4n) is 2.78. The normalized spacial score (nSPS) is 23.6. The van der Waals surface area contributed by atoms with Crippen LogP contribution in [0.1, 0.15) is 44.1 Å². The van der Waals surface area contributed by atoms with Crippen molar-refractivity contribution in [3.63, 3.8) is 0 Å². The van der Waals surface area contributed by atoms with Gasteiger partial charge in [-0.1, -0.05) is 13.8 Å². The van der Waals surface area contributed by atoms with E-state index in [0.29, 0.717) is 12.1 Å². The summed E-state index contributed by atoms with van der Waals surface area (Å²) in [7, 11) is 0. The number of nitrogens with zero attached hydrogens (tertiary/aromatic N) is 2. The van der Waals surface area contributed by atoms with Gasteiger partial charge in [0.15, 0.2) is 0 Å². The van der Waals surface area contributed by atoms with Crippen molar-refractivity contribution in [2.45, 2.75) is 52.2 Å². The van der Waals surface area contributed by atoms with E-state index in [9.17, 15) is 4.79 Å². The zero-order valence-electron chi connectivity index (χ0n) is 12.2. The molecule has 2 rings (SSSR count). The standard InChI is InChI=1S/C15H25N3O/c1-4-12-11-18(13(5-2)10-16-12)15(19)14-8-7-9-17(14)6-3/h7-9,12-13,16H,4-6,10-11H2,1-3H3. The lowest BCUT2D eigenvalue weighted by Gasteiger charge is -2.40. The zero-order valence-corrected chi connectivity index (χ0v) is 12.2. The summed E-state index contributed by atoms with van der Waals surface area (Å²) in [5.41, 5.74) is 0.817. The monoisotopic (exact) mass is 263 g/mol. The van der Waals surface area contributed by atoms with Gasteiger partial charge in [0.1, 0.15) is 5.69 Å². The molecule has 1 aliphatic heterocycles. The van der Waals surface area contributed by atoms with Crippen molar-refractivity contribution in [1.82, 2.24) is 14.8 Å². The van der Waals surface area contributed by atoms with Gasteiger partial charge in [-0.25, -0.2) is 0 Å². The topological polar surface area (TPSA) is 37.3 Å². The van der Waals surface area contributed by atoms with E-state index in [1.165, 1.54) is 0 Å². The molecule has 2 heterocycles. The van der Waals surface area contributed by atoms with Crippen LogP contribution in [0, 0.1) is 0 Å².